The zero-order chi connectivity index (χ0) is 21.4. The Morgan fingerprint density at radius 2 is 2.03 bits per heavy atom. The Kier molecular flexibility index (Phi) is 3.44. The molecular weight excluding hydrogens is 420 g/mol. The number of nitrogens with two attached hydrogens (primary N) is 1. The van der Waals surface area contributed by atoms with Crippen molar-refractivity contribution in [2.45, 2.75) is 42.0 Å². The third-order valence-electron chi connectivity index (χ3n) is 6.32. The standard InChI is InChI=1S/C18H18N10O2S/c1-10-2-3-11(4-12(10)13-5-28-15(19)20-9-21-16(28)22-13)31(29,30)25-18-6-17(7-18,8-18)14-23-26-27-24-14/h2-5,9,25H,6-8H2,1H3,(H2,19,20,21,22)(H,23,24,26,27). The predicted molar refractivity (Wildman–Crippen MR) is 108 cm³/mol. The normalized spacial score (nSPS) is 24.7. The Balaban J connectivity index is 1.30. The lowest BCUT2D eigenvalue weighted by atomic mass is 9.39. The molecule has 0 atom stereocenters. The number of aromatic amines is 1. The summed E-state index contributed by atoms with van der Waals surface area (Å²) in [5, 5.41) is 14.0. The maximum atomic E-state index is 13.1. The van der Waals surface area contributed by atoms with Gasteiger partial charge in [0.1, 0.15) is 6.33 Å². The number of nitrogens with one attached hydrogen (secondary N) is 2. The minimum atomic E-state index is -3.72. The van der Waals surface area contributed by atoms with Crippen molar-refractivity contribution in [1.82, 2.24) is 44.7 Å². The number of aryl methyl sites for hydroxylation is 1. The van der Waals surface area contributed by atoms with E-state index in [1.54, 1.807) is 28.8 Å². The number of tetrazole rings is 1. The van der Waals surface area contributed by atoms with E-state index in [0.717, 1.165) is 11.4 Å². The molecule has 0 amide bonds. The van der Waals surface area contributed by atoms with Crippen molar-refractivity contribution in [2.75, 3.05) is 5.73 Å². The van der Waals surface area contributed by atoms with Gasteiger partial charge in [-0.05, 0) is 54.3 Å². The Hall–Kier alpha value is -3.45. The molecule has 3 fully saturated rings. The van der Waals surface area contributed by atoms with Gasteiger partial charge in [0.2, 0.25) is 21.7 Å². The second-order valence-electron chi connectivity index (χ2n) is 8.45. The molecule has 0 unspecified atom stereocenters. The predicted octanol–water partition coefficient (Wildman–Crippen LogP) is 0.348. The number of fused-ring (bicyclic) bond motifs is 1. The zero-order valence-corrected chi connectivity index (χ0v) is 17.3. The zero-order valence-electron chi connectivity index (χ0n) is 16.4. The number of nitrogens with zero attached hydrogens (tertiary/aromatic N) is 7. The van der Waals surface area contributed by atoms with Crippen molar-refractivity contribution in [3.05, 3.63) is 42.1 Å². The van der Waals surface area contributed by atoms with Crippen molar-refractivity contribution in [3.8, 4) is 11.3 Å². The van der Waals surface area contributed by atoms with Crippen LogP contribution in [0.1, 0.15) is 30.7 Å². The number of sulfonamides is 1. The molecule has 4 aromatic rings. The summed E-state index contributed by atoms with van der Waals surface area (Å²) < 4.78 is 30.8. The van der Waals surface area contributed by atoms with Gasteiger partial charge >= 0.3 is 0 Å². The number of nitrogen functional groups attached to an aromatic ring is 1. The first-order valence-corrected chi connectivity index (χ1v) is 11.1. The van der Waals surface area contributed by atoms with Gasteiger partial charge in [-0.1, -0.05) is 6.07 Å². The molecule has 3 saturated carbocycles. The van der Waals surface area contributed by atoms with Crippen LogP contribution in [0.4, 0.5) is 5.95 Å². The van der Waals surface area contributed by atoms with E-state index in [4.69, 9.17) is 5.73 Å². The van der Waals surface area contributed by atoms with Gasteiger partial charge < -0.3 is 5.73 Å². The summed E-state index contributed by atoms with van der Waals surface area (Å²) >= 11 is 0. The lowest BCUT2D eigenvalue weighted by Gasteiger charge is -2.68. The summed E-state index contributed by atoms with van der Waals surface area (Å²) in [5.74, 6) is 1.38. The summed E-state index contributed by atoms with van der Waals surface area (Å²) in [5.41, 5.74) is 7.45. The van der Waals surface area contributed by atoms with Crippen LogP contribution >= 0.6 is 0 Å². The lowest BCUT2D eigenvalue weighted by Crippen LogP contribution is -2.76. The van der Waals surface area contributed by atoms with Crippen molar-refractivity contribution < 1.29 is 8.42 Å². The number of imidazole rings is 1. The van der Waals surface area contributed by atoms with Gasteiger partial charge in [-0.2, -0.15) is 0 Å². The molecule has 0 spiro atoms. The van der Waals surface area contributed by atoms with E-state index in [-0.39, 0.29) is 16.3 Å². The number of H-pyrrole nitrogens is 1. The monoisotopic (exact) mass is 438 g/mol. The van der Waals surface area contributed by atoms with Crippen LogP contribution in [0.2, 0.25) is 0 Å². The van der Waals surface area contributed by atoms with E-state index in [2.05, 4.69) is 40.3 Å². The van der Waals surface area contributed by atoms with Gasteiger partial charge in [0.25, 0.3) is 0 Å². The maximum absolute atomic E-state index is 13.1. The molecular formula is C18H18N10O2S. The van der Waals surface area contributed by atoms with E-state index in [1.807, 2.05) is 6.92 Å². The fraction of sp³-hybridized carbons (Fsp3) is 0.333. The summed E-state index contributed by atoms with van der Waals surface area (Å²) in [6.45, 7) is 1.90. The molecule has 0 aliphatic heterocycles. The van der Waals surface area contributed by atoms with Crippen molar-refractivity contribution >= 4 is 21.7 Å². The smallest absolute Gasteiger partial charge is 0.241 e. The molecule has 1 aromatic carbocycles. The Labute approximate surface area is 176 Å². The molecule has 7 rings (SSSR count). The van der Waals surface area contributed by atoms with E-state index >= 15 is 0 Å². The Bertz CT molecular complexity index is 1420. The van der Waals surface area contributed by atoms with E-state index in [9.17, 15) is 8.42 Å². The third-order valence-corrected chi connectivity index (χ3v) is 7.90. The molecule has 31 heavy (non-hydrogen) atoms. The third kappa shape index (κ3) is 2.59. The quantitative estimate of drug-likeness (QED) is 0.398. The van der Waals surface area contributed by atoms with Gasteiger partial charge in [-0.3, -0.25) is 4.40 Å². The maximum Gasteiger partial charge on any atom is 0.241 e. The number of rotatable bonds is 5. The first-order chi connectivity index (χ1) is 14.8. The number of aromatic nitrogens is 8. The van der Waals surface area contributed by atoms with Crippen LogP contribution in [-0.2, 0) is 15.4 Å². The second-order valence-corrected chi connectivity index (χ2v) is 10.1. The van der Waals surface area contributed by atoms with Crippen LogP contribution in [0.25, 0.3) is 17.0 Å². The first-order valence-electron chi connectivity index (χ1n) is 9.64. The Morgan fingerprint density at radius 3 is 2.74 bits per heavy atom. The molecule has 0 radical (unpaired) electrons. The highest BCUT2D eigenvalue weighted by atomic mass is 32.2. The molecule has 4 N–H and O–H groups in total. The molecule has 13 heteroatoms. The van der Waals surface area contributed by atoms with Gasteiger partial charge in [0.15, 0.2) is 5.82 Å². The SMILES string of the molecule is Cc1ccc(S(=O)(=O)NC23CC(c4nnn[nH]4)(C2)C3)cc1-c1cn2c(N)ncnc2n1. The van der Waals surface area contributed by atoms with Crippen molar-refractivity contribution in [2.24, 2.45) is 0 Å². The molecule has 158 valence electrons. The fourth-order valence-electron chi connectivity index (χ4n) is 4.88. The number of anilines is 1. The van der Waals surface area contributed by atoms with Crippen LogP contribution < -0.4 is 10.5 Å². The van der Waals surface area contributed by atoms with Crippen LogP contribution in [-0.4, -0.2) is 53.9 Å². The average molecular weight is 438 g/mol. The molecule has 12 nitrogen and oxygen atoms in total. The van der Waals surface area contributed by atoms with Gasteiger partial charge in [-0.15, -0.1) is 5.10 Å². The average Bonchev–Trinajstić information content (AvgIpc) is 3.34. The molecule has 3 aromatic heterocycles. The van der Waals surface area contributed by atoms with Crippen LogP contribution in [0.3, 0.4) is 0 Å². The number of hydrogen-bond donors (Lipinski definition) is 3. The van der Waals surface area contributed by atoms with Crippen molar-refractivity contribution in [3.63, 3.8) is 0 Å². The van der Waals surface area contributed by atoms with Gasteiger partial charge in [0.05, 0.1) is 10.6 Å². The molecule has 3 heterocycles. The minimum Gasteiger partial charge on any atom is -0.369 e. The summed E-state index contributed by atoms with van der Waals surface area (Å²) in [4.78, 5) is 12.7. The largest absolute Gasteiger partial charge is 0.369 e. The molecule has 2 bridgehead atoms. The van der Waals surface area contributed by atoms with Crippen LogP contribution in [0, 0.1) is 6.92 Å². The summed E-state index contributed by atoms with van der Waals surface area (Å²) in [7, 11) is -3.72. The fourth-order valence-corrected chi connectivity index (χ4v) is 6.31. The summed E-state index contributed by atoms with van der Waals surface area (Å²) in [6.07, 6.45) is 5.08. The Morgan fingerprint density at radius 1 is 1.23 bits per heavy atom. The number of hydrogen-bond acceptors (Lipinski definition) is 9. The highest BCUT2D eigenvalue weighted by Gasteiger charge is 2.71. The lowest BCUT2D eigenvalue weighted by molar-refractivity contribution is -0.0778. The van der Waals surface area contributed by atoms with Gasteiger partial charge in [-0.25, -0.2) is 33.2 Å². The van der Waals surface area contributed by atoms with Crippen molar-refractivity contribution in [1.29, 1.82) is 0 Å². The topological polar surface area (TPSA) is 170 Å². The molecule has 0 saturated heterocycles. The highest BCUT2D eigenvalue weighted by Crippen LogP contribution is 2.67. The van der Waals surface area contributed by atoms with E-state index < -0.39 is 15.6 Å². The second kappa shape index (κ2) is 5.82. The minimum absolute atomic E-state index is 0.137. The highest BCUT2D eigenvalue weighted by molar-refractivity contribution is 7.89. The summed E-state index contributed by atoms with van der Waals surface area (Å²) in [6, 6.07) is 5.00. The van der Waals surface area contributed by atoms with E-state index in [0.29, 0.717) is 36.3 Å². The number of benzene rings is 1. The van der Waals surface area contributed by atoms with E-state index in [1.165, 1.54) is 6.33 Å². The van der Waals surface area contributed by atoms with Crippen LogP contribution in [0.15, 0.2) is 35.6 Å². The molecule has 3 aliphatic rings. The first kappa shape index (κ1) is 18.3. The van der Waals surface area contributed by atoms with Gasteiger partial charge in [0, 0.05) is 22.7 Å². The van der Waals surface area contributed by atoms with Crippen LogP contribution in [0.5, 0.6) is 0 Å². The molecule has 3 aliphatic carbocycles.